The van der Waals surface area contributed by atoms with Gasteiger partial charge in [-0.25, -0.2) is 4.79 Å². The molecule has 0 spiro atoms. The van der Waals surface area contributed by atoms with Crippen LogP contribution in [0.15, 0.2) is 39.9 Å². The molecule has 10 heteroatoms. The predicted octanol–water partition coefficient (Wildman–Crippen LogP) is 4.04. The van der Waals surface area contributed by atoms with Crippen molar-refractivity contribution in [2.75, 3.05) is 11.9 Å². The van der Waals surface area contributed by atoms with Crippen LogP contribution < -0.4 is 15.1 Å². The number of aryl methyl sites for hydroxylation is 1. The van der Waals surface area contributed by atoms with Crippen LogP contribution >= 0.6 is 23.1 Å². The second-order valence-corrected chi connectivity index (χ2v) is 10.4. The van der Waals surface area contributed by atoms with E-state index in [2.05, 4.69) is 10.6 Å². The minimum atomic E-state index is -0.637. The number of esters is 1. The van der Waals surface area contributed by atoms with Gasteiger partial charge < -0.3 is 19.7 Å². The van der Waals surface area contributed by atoms with Crippen LogP contribution in [-0.2, 0) is 22.4 Å². The van der Waals surface area contributed by atoms with Gasteiger partial charge in [0.25, 0.3) is 5.03 Å². The number of fused-ring (bicyclic) bond motifs is 1. The minimum Gasteiger partial charge on any atom is -0.538 e. The molecule has 1 atom stereocenters. The zero-order valence-corrected chi connectivity index (χ0v) is 20.8. The number of nitrogens with one attached hydrogen (secondary N) is 1. The number of thiophene rings is 1. The monoisotopic (exact) mass is 501 g/mol. The second-order valence-electron chi connectivity index (χ2n) is 8.00. The number of carbonyl (C=O) groups excluding carboxylic acids is 2. The van der Waals surface area contributed by atoms with Crippen molar-refractivity contribution in [1.82, 2.24) is 5.27 Å². The first-order chi connectivity index (χ1) is 16.5. The number of thioether (sulfide) groups is 1. The summed E-state index contributed by atoms with van der Waals surface area (Å²) < 4.78 is 11.6. The molecule has 1 amide bonds. The van der Waals surface area contributed by atoms with Crippen LogP contribution in [0.5, 0.6) is 5.95 Å². The SMILES string of the molecule is CCOC(=O)c1c(NC(=O)C(C)Sc2c([O-])on[n+]2-c2ccccc2)sc2c1CCCCCC2. The number of hydrogen-bond donors (Lipinski definition) is 1. The molecule has 2 heterocycles. The van der Waals surface area contributed by atoms with E-state index in [1.807, 2.05) is 18.2 Å². The molecular weight excluding hydrogens is 474 g/mol. The van der Waals surface area contributed by atoms with Crippen LogP contribution in [0.3, 0.4) is 0 Å². The first-order valence-corrected chi connectivity index (χ1v) is 13.1. The molecule has 0 saturated carbocycles. The van der Waals surface area contributed by atoms with Crippen molar-refractivity contribution in [3.8, 4) is 11.6 Å². The number of nitrogens with zero attached hydrogens (tertiary/aromatic N) is 2. The highest BCUT2D eigenvalue weighted by Crippen LogP contribution is 2.38. The van der Waals surface area contributed by atoms with Gasteiger partial charge in [0.2, 0.25) is 11.6 Å². The number of hydrogen-bond acceptors (Lipinski definition) is 8. The summed E-state index contributed by atoms with van der Waals surface area (Å²) in [6, 6.07) is 9.10. The van der Waals surface area contributed by atoms with E-state index in [1.54, 1.807) is 26.0 Å². The van der Waals surface area contributed by atoms with E-state index in [9.17, 15) is 14.7 Å². The van der Waals surface area contributed by atoms with E-state index >= 15 is 0 Å². The molecule has 0 bridgehead atoms. The molecule has 8 nitrogen and oxygen atoms in total. The minimum absolute atomic E-state index is 0.206. The second kappa shape index (κ2) is 11.1. The first-order valence-electron chi connectivity index (χ1n) is 11.4. The van der Waals surface area contributed by atoms with Crippen LogP contribution in [0.4, 0.5) is 5.00 Å². The van der Waals surface area contributed by atoms with Gasteiger partial charge in [0, 0.05) is 17.0 Å². The topological polar surface area (TPSA) is 108 Å². The Kier molecular flexibility index (Phi) is 7.89. The number of amides is 1. The van der Waals surface area contributed by atoms with Crippen LogP contribution in [0.2, 0.25) is 0 Å². The van der Waals surface area contributed by atoms with E-state index in [0.29, 0.717) is 16.3 Å². The summed E-state index contributed by atoms with van der Waals surface area (Å²) in [7, 11) is 0. The summed E-state index contributed by atoms with van der Waals surface area (Å²) in [6.07, 6.45) is 6.06. The van der Waals surface area contributed by atoms with Gasteiger partial charge in [0.15, 0.2) is 5.95 Å². The van der Waals surface area contributed by atoms with Crippen LogP contribution in [0.25, 0.3) is 5.69 Å². The maximum atomic E-state index is 13.1. The maximum absolute atomic E-state index is 13.1. The molecule has 0 saturated heterocycles. The van der Waals surface area contributed by atoms with Crippen molar-refractivity contribution in [3.05, 3.63) is 46.3 Å². The Morgan fingerprint density at radius 1 is 1.24 bits per heavy atom. The molecule has 0 fully saturated rings. The highest BCUT2D eigenvalue weighted by atomic mass is 32.2. The molecule has 0 aliphatic heterocycles. The van der Waals surface area contributed by atoms with Crippen molar-refractivity contribution >= 4 is 40.0 Å². The van der Waals surface area contributed by atoms with Gasteiger partial charge in [0.1, 0.15) is 5.00 Å². The number of benzene rings is 1. The molecule has 1 aliphatic rings. The van der Waals surface area contributed by atoms with Gasteiger partial charge in [-0.05, 0) is 61.5 Å². The fraction of sp³-hybridized carbons (Fsp3) is 0.417. The molecule has 3 aromatic rings. The van der Waals surface area contributed by atoms with Gasteiger partial charge in [-0.1, -0.05) is 31.0 Å². The van der Waals surface area contributed by atoms with Crippen LogP contribution in [-0.4, -0.2) is 29.0 Å². The highest BCUT2D eigenvalue weighted by molar-refractivity contribution is 8.00. The van der Waals surface area contributed by atoms with Gasteiger partial charge in [0.05, 0.1) is 22.7 Å². The van der Waals surface area contributed by atoms with E-state index in [0.717, 1.165) is 54.3 Å². The lowest BCUT2D eigenvalue weighted by atomic mass is 9.96. The van der Waals surface area contributed by atoms with Crippen molar-refractivity contribution in [1.29, 1.82) is 0 Å². The Morgan fingerprint density at radius 3 is 2.71 bits per heavy atom. The molecule has 0 radical (unpaired) electrons. The summed E-state index contributed by atoms with van der Waals surface area (Å²) in [5.74, 6) is -1.33. The number of carbonyl (C=O) groups is 2. The lowest BCUT2D eigenvalue weighted by Crippen LogP contribution is -2.36. The molecule has 1 N–H and O–H groups in total. The number of anilines is 1. The number of ether oxygens (including phenoxy) is 1. The quantitative estimate of drug-likeness (QED) is 0.296. The summed E-state index contributed by atoms with van der Waals surface area (Å²) in [4.78, 5) is 27.1. The van der Waals surface area contributed by atoms with Crippen molar-refractivity contribution in [2.45, 2.75) is 62.6 Å². The Balaban J connectivity index is 1.57. The predicted molar refractivity (Wildman–Crippen MR) is 128 cm³/mol. The van der Waals surface area contributed by atoms with Crippen LogP contribution in [0, 0.1) is 0 Å². The van der Waals surface area contributed by atoms with E-state index in [-0.39, 0.29) is 17.5 Å². The van der Waals surface area contributed by atoms with Gasteiger partial charge >= 0.3 is 5.97 Å². The largest absolute Gasteiger partial charge is 0.538 e. The smallest absolute Gasteiger partial charge is 0.341 e. The molecule has 1 aromatic carbocycles. The zero-order valence-electron chi connectivity index (χ0n) is 19.2. The number of aromatic nitrogens is 2. The Labute approximate surface area is 206 Å². The molecule has 4 rings (SSSR count). The molecule has 180 valence electrons. The summed E-state index contributed by atoms with van der Waals surface area (Å²) in [5.41, 5.74) is 2.14. The Bertz CT molecular complexity index is 1160. The normalized spacial score (nSPS) is 14.5. The third kappa shape index (κ3) is 5.28. The third-order valence-electron chi connectivity index (χ3n) is 5.62. The van der Waals surface area contributed by atoms with E-state index in [4.69, 9.17) is 9.26 Å². The average molecular weight is 502 g/mol. The summed E-state index contributed by atoms with van der Waals surface area (Å²) in [5, 5.41) is 19.1. The summed E-state index contributed by atoms with van der Waals surface area (Å²) in [6.45, 7) is 3.74. The fourth-order valence-corrected chi connectivity index (χ4v) is 6.09. The van der Waals surface area contributed by atoms with Crippen molar-refractivity contribution < 1.29 is 28.6 Å². The molecule has 2 aromatic heterocycles. The fourth-order valence-electron chi connectivity index (χ4n) is 3.93. The number of para-hydroxylation sites is 1. The first kappa shape index (κ1) is 24.3. The summed E-state index contributed by atoms with van der Waals surface area (Å²) >= 11 is 2.52. The Morgan fingerprint density at radius 2 is 1.97 bits per heavy atom. The molecular formula is C24H27N3O5S2. The molecule has 34 heavy (non-hydrogen) atoms. The third-order valence-corrected chi connectivity index (χ3v) is 7.96. The zero-order chi connectivity index (χ0) is 24.1. The number of rotatable bonds is 7. The standard InChI is InChI=1S/C24H27N3O5S2/c1-3-31-23(29)19-17-13-9-4-5-10-14-18(17)34-21(19)25-20(28)15(2)33-22-24(30)32-26-27(22)16-11-7-6-8-12-16/h6-8,11-12,15H,3-5,9-10,13-14H2,1-2H3,(H-,25,26,28,29,30). The molecule has 1 aliphatic carbocycles. The molecule has 1 unspecified atom stereocenters. The van der Waals surface area contributed by atoms with E-state index < -0.39 is 17.2 Å². The van der Waals surface area contributed by atoms with Crippen molar-refractivity contribution in [2.24, 2.45) is 0 Å². The van der Waals surface area contributed by atoms with Crippen LogP contribution in [0.1, 0.15) is 60.3 Å². The van der Waals surface area contributed by atoms with Gasteiger partial charge in [-0.2, -0.15) is 0 Å². The van der Waals surface area contributed by atoms with Gasteiger partial charge in [-0.3, -0.25) is 4.79 Å². The van der Waals surface area contributed by atoms with E-state index in [1.165, 1.54) is 22.4 Å². The maximum Gasteiger partial charge on any atom is 0.341 e. The Hall–Kier alpha value is -2.85. The van der Waals surface area contributed by atoms with Crippen molar-refractivity contribution in [3.63, 3.8) is 0 Å². The lowest BCUT2D eigenvalue weighted by molar-refractivity contribution is -0.705. The van der Waals surface area contributed by atoms with Gasteiger partial charge in [-0.15, -0.1) is 11.3 Å². The lowest BCUT2D eigenvalue weighted by Gasteiger charge is -2.12. The highest BCUT2D eigenvalue weighted by Gasteiger charge is 2.30. The average Bonchev–Trinajstić information content (AvgIpc) is 3.34.